The van der Waals surface area contributed by atoms with Crippen LogP contribution in [-0.2, 0) is 10.0 Å². The molecule has 2 N–H and O–H groups in total. The summed E-state index contributed by atoms with van der Waals surface area (Å²) in [7, 11) is -3.68. The van der Waals surface area contributed by atoms with E-state index in [2.05, 4.69) is 0 Å². The molecule has 19 heavy (non-hydrogen) atoms. The van der Waals surface area contributed by atoms with Crippen LogP contribution in [0.1, 0.15) is 16.7 Å². The Balaban J connectivity index is 2.40. The standard InChI is InChI=1S/C13H15NO3S2/c1-8-5-4-6-11(9(8)2)17-12-7-18-13(10(12)3)19(14,15)16/h4-7H,1-3H3,(H2,14,15,16). The maximum Gasteiger partial charge on any atom is 0.247 e. The number of hydrogen-bond donors (Lipinski definition) is 1. The quantitative estimate of drug-likeness (QED) is 0.946. The van der Waals surface area contributed by atoms with Crippen LogP contribution in [0.5, 0.6) is 11.5 Å². The summed E-state index contributed by atoms with van der Waals surface area (Å²) in [5.74, 6) is 1.25. The lowest BCUT2D eigenvalue weighted by atomic mass is 10.1. The second kappa shape index (κ2) is 4.96. The van der Waals surface area contributed by atoms with Gasteiger partial charge in [0.15, 0.2) is 0 Å². The van der Waals surface area contributed by atoms with E-state index in [0.717, 1.165) is 28.2 Å². The van der Waals surface area contributed by atoms with Crippen LogP contribution in [0, 0.1) is 20.8 Å². The average Bonchev–Trinajstić information content (AvgIpc) is 2.66. The number of aryl methyl sites for hydroxylation is 1. The minimum atomic E-state index is -3.68. The largest absolute Gasteiger partial charge is 0.456 e. The predicted molar refractivity (Wildman–Crippen MR) is 76.4 cm³/mol. The maximum atomic E-state index is 11.4. The zero-order valence-corrected chi connectivity index (χ0v) is 12.6. The van der Waals surface area contributed by atoms with Gasteiger partial charge in [-0.1, -0.05) is 12.1 Å². The van der Waals surface area contributed by atoms with Gasteiger partial charge in [-0.3, -0.25) is 0 Å². The molecule has 1 aromatic heterocycles. The van der Waals surface area contributed by atoms with E-state index in [1.54, 1.807) is 12.3 Å². The van der Waals surface area contributed by atoms with Crippen molar-refractivity contribution < 1.29 is 13.2 Å². The molecule has 0 saturated heterocycles. The van der Waals surface area contributed by atoms with Gasteiger partial charge in [0.2, 0.25) is 10.0 Å². The first-order valence-electron chi connectivity index (χ1n) is 5.65. The van der Waals surface area contributed by atoms with Crippen LogP contribution in [0.3, 0.4) is 0 Å². The molecule has 4 nitrogen and oxygen atoms in total. The van der Waals surface area contributed by atoms with E-state index in [4.69, 9.17) is 9.88 Å². The molecule has 102 valence electrons. The number of ether oxygens (including phenoxy) is 1. The summed E-state index contributed by atoms with van der Waals surface area (Å²) in [6.45, 7) is 5.65. The van der Waals surface area contributed by atoms with E-state index in [9.17, 15) is 8.42 Å². The molecule has 1 aromatic carbocycles. The lowest BCUT2D eigenvalue weighted by Gasteiger charge is -2.10. The fraction of sp³-hybridized carbons (Fsp3) is 0.231. The topological polar surface area (TPSA) is 69.4 Å². The Kier molecular flexibility index (Phi) is 3.66. The van der Waals surface area contributed by atoms with E-state index in [-0.39, 0.29) is 4.21 Å². The van der Waals surface area contributed by atoms with Gasteiger partial charge >= 0.3 is 0 Å². The van der Waals surface area contributed by atoms with Crippen molar-refractivity contribution in [3.63, 3.8) is 0 Å². The van der Waals surface area contributed by atoms with Gasteiger partial charge in [-0.15, -0.1) is 11.3 Å². The summed E-state index contributed by atoms with van der Waals surface area (Å²) in [4.78, 5) is 0. The SMILES string of the molecule is Cc1cccc(Oc2csc(S(N)(=O)=O)c2C)c1C. The van der Waals surface area contributed by atoms with E-state index in [0.29, 0.717) is 11.3 Å². The molecule has 0 bridgehead atoms. The Morgan fingerprint density at radius 1 is 1.11 bits per heavy atom. The minimum absolute atomic E-state index is 0.146. The Morgan fingerprint density at radius 3 is 2.37 bits per heavy atom. The molecule has 2 rings (SSSR count). The number of rotatable bonds is 3. The molecule has 0 fully saturated rings. The Bertz CT molecular complexity index is 717. The van der Waals surface area contributed by atoms with Crippen molar-refractivity contribution in [3.8, 4) is 11.5 Å². The highest BCUT2D eigenvalue weighted by Gasteiger charge is 2.18. The number of hydrogen-bond acceptors (Lipinski definition) is 4. The molecule has 0 aliphatic rings. The summed E-state index contributed by atoms with van der Waals surface area (Å²) in [6.07, 6.45) is 0. The lowest BCUT2D eigenvalue weighted by Crippen LogP contribution is -2.11. The summed E-state index contributed by atoms with van der Waals surface area (Å²) in [5, 5.41) is 6.81. The summed E-state index contributed by atoms with van der Waals surface area (Å²) >= 11 is 1.07. The van der Waals surface area contributed by atoms with Gasteiger partial charge in [0.05, 0.1) is 0 Å². The van der Waals surface area contributed by atoms with Crippen molar-refractivity contribution in [2.45, 2.75) is 25.0 Å². The third kappa shape index (κ3) is 2.80. The van der Waals surface area contributed by atoms with Crippen LogP contribution < -0.4 is 9.88 Å². The van der Waals surface area contributed by atoms with Crippen molar-refractivity contribution >= 4 is 21.4 Å². The molecule has 0 amide bonds. The monoisotopic (exact) mass is 297 g/mol. The zero-order valence-electron chi connectivity index (χ0n) is 10.9. The first kappa shape index (κ1) is 14.0. The number of nitrogens with two attached hydrogens (primary N) is 1. The number of sulfonamides is 1. The van der Waals surface area contributed by atoms with E-state index >= 15 is 0 Å². The van der Waals surface area contributed by atoms with Crippen LogP contribution in [0.2, 0.25) is 0 Å². The van der Waals surface area contributed by atoms with Crippen molar-refractivity contribution in [1.82, 2.24) is 0 Å². The molecule has 0 aliphatic carbocycles. The fourth-order valence-corrected chi connectivity index (χ4v) is 3.64. The van der Waals surface area contributed by atoms with Gasteiger partial charge in [-0.25, -0.2) is 13.6 Å². The first-order chi connectivity index (χ1) is 8.80. The van der Waals surface area contributed by atoms with Crippen molar-refractivity contribution in [2.75, 3.05) is 0 Å². The highest BCUT2D eigenvalue weighted by Crippen LogP contribution is 2.35. The zero-order chi connectivity index (χ0) is 14.2. The Labute approximate surface area is 116 Å². The van der Waals surface area contributed by atoms with Crippen LogP contribution in [-0.4, -0.2) is 8.42 Å². The maximum absolute atomic E-state index is 11.4. The second-order valence-corrected chi connectivity index (χ2v) is 6.99. The molecule has 0 atom stereocenters. The molecule has 0 unspecified atom stereocenters. The van der Waals surface area contributed by atoms with Crippen LogP contribution in [0.25, 0.3) is 0 Å². The lowest BCUT2D eigenvalue weighted by molar-refractivity contribution is 0.476. The number of primary sulfonamides is 1. The molecule has 6 heteroatoms. The number of benzene rings is 1. The van der Waals surface area contributed by atoms with Crippen molar-refractivity contribution in [2.24, 2.45) is 5.14 Å². The Morgan fingerprint density at radius 2 is 1.79 bits per heavy atom. The molecule has 2 aromatic rings. The summed E-state index contributed by atoms with van der Waals surface area (Å²) in [6, 6.07) is 5.76. The van der Waals surface area contributed by atoms with E-state index in [1.807, 2.05) is 32.0 Å². The number of thiophene rings is 1. The second-order valence-electron chi connectivity index (χ2n) is 4.36. The van der Waals surface area contributed by atoms with Gasteiger partial charge < -0.3 is 4.74 Å². The Hall–Kier alpha value is -1.37. The van der Waals surface area contributed by atoms with E-state index < -0.39 is 10.0 Å². The average molecular weight is 297 g/mol. The summed E-state index contributed by atoms with van der Waals surface area (Å²) < 4.78 is 28.7. The fourth-order valence-electron chi connectivity index (χ4n) is 1.72. The smallest absolute Gasteiger partial charge is 0.247 e. The molecule has 0 saturated carbocycles. The van der Waals surface area contributed by atoms with Crippen LogP contribution >= 0.6 is 11.3 Å². The normalized spacial score (nSPS) is 11.6. The third-order valence-electron chi connectivity index (χ3n) is 2.98. The van der Waals surface area contributed by atoms with Crippen molar-refractivity contribution in [3.05, 3.63) is 40.3 Å². The van der Waals surface area contributed by atoms with Gasteiger partial charge in [-0.05, 0) is 38.0 Å². The minimum Gasteiger partial charge on any atom is -0.456 e. The molecule has 0 aliphatic heterocycles. The predicted octanol–water partition coefficient (Wildman–Crippen LogP) is 3.11. The molecule has 0 spiro atoms. The van der Waals surface area contributed by atoms with Gasteiger partial charge in [-0.2, -0.15) is 0 Å². The first-order valence-corrected chi connectivity index (χ1v) is 8.08. The molecule has 1 heterocycles. The highest BCUT2D eigenvalue weighted by atomic mass is 32.2. The molecular formula is C13H15NO3S2. The van der Waals surface area contributed by atoms with Crippen molar-refractivity contribution in [1.29, 1.82) is 0 Å². The third-order valence-corrected chi connectivity index (χ3v) is 5.64. The van der Waals surface area contributed by atoms with E-state index in [1.165, 1.54) is 0 Å². The summed E-state index contributed by atoms with van der Waals surface area (Å²) in [5.41, 5.74) is 2.70. The molecular weight excluding hydrogens is 282 g/mol. The van der Waals surface area contributed by atoms with Gasteiger partial charge in [0, 0.05) is 10.9 Å². The van der Waals surface area contributed by atoms with Crippen LogP contribution in [0.4, 0.5) is 0 Å². The molecule has 0 radical (unpaired) electrons. The highest BCUT2D eigenvalue weighted by molar-refractivity contribution is 7.91. The van der Waals surface area contributed by atoms with Crippen LogP contribution in [0.15, 0.2) is 27.8 Å². The van der Waals surface area contributed by atoms with Gasteiger partial charge in [0.1, 0.15) is 15.7 Å². The van der Waals surface area contributed by atoms with Gasteiger partial charge in [0.25, 0.3) is 0 Å².